The Bertz CT molecular complexity index is 696. The Morgan fingerprint density at radius 2 is 2.23 bits per heavy atom. The van der Waals surface area contributed by atoms with Crippen molar-refractivity contribution in [2.24, 2.45) is 10.7 Å². The van der Waals surface area contributed by atoms with E-state index >= 15 is 0 Å². The zero-order valence-corrected chi connectivity index (χ0v) is 13.3. The molecule has 4 N–H and O–H groups in total. The number of benzene rings is 1. The molecule has 0 bridgehead atoms. The predicted molar refractivity (Wildman–Crippen MR) is 94.4 cm³/mol. The van der Waals surface area contributed by atoms with Gasteiger partial charge >= 0.3 is 0 Å². The maximum absolute atomic E-state index is 7.36. The van der Waals surface area contributed by atoms with Crippen molar-refractivity contribution in [3.05, 3.63) is 35.5 Å². The Morgan fingerprint density at radius 1 is 1.41 bits per heavy atom. The van der Waals surface area contributed by atoms with Crippen molar-refractivity contribution in [1.82, 2.24) is 4.98 Å². The van der Waals surface area contributed by atoms with Gasteiger partial charge in [0.15, 0.2) is 0 Å². The van der Waals surface area contributed by atoms with Gasteiger partial charge in [-0.1, -0.05) is 11.6 Å². The number of rotatable bonds is 7. The monoisotopic (exact) mass is 317 g/mol. The Balaban J connectivity index is 1.89. The molecular weight excluding hydrogens is 298 g/mol. The van der Waals surface area contributed by atoms with Crippen LogP contribution in [0.5, 0.6) is 0 Å². The summed E-state index contributed by atoms with van der Waals surface area (Å²) in [6.07, 6.45) is 3.09. The molecule has 116 valence electrons. The van der Waals surface area contributed by atoms with E-state index in [1.165, 1.54) is 0 Å². The van der Waals surface area contributed by atoms with Crippen LogP contribution in [0.1, 0.15) is 19.8 Å². The number of pyridine rings is 1. The SMILES string of the molecule is CC(=N)CC(N)=NCCCNc1ccnc2cc(Cl)ccc12. The highest BCUT2D eigenvalue weighted by molar-refractivity contribution is 6.31. The van der Waals surface area contributed by atoms with E-state index in [0.29, 0.717) is 29.5 Å². The normalized spacial score (nSPS) is 11.6. The average molecular weight is 318 g/mol. The molecular formula is C16H20ClN5. The molecule has 2 aromatic rings. The van der Waals surface area contributed by atoms with Crippen molar-refractivity contribution < 1.29 is 0 Å². The molecule has 0 aliphatic heterocycles. The smallest absolute Gasteiger partial charge is 0.0993 e. The fourth-order valence-electron chi connectivity index (χ4n) is 2.13. The van der Waals surface area contributed by atoms with Gasteiger partial charge in [-0.15, -0.1) is 0 Å². The maximum Gasteiger partial charge on any atom is 0.0993 e. The fraction of sp³-hybridized carbons (Fsp3) is 0.312. The van der Waals surface area contributed by atoms with Crippen molar-refractivity contribution >= 4 is 39.7 Å². The van der Waals surface area contributed by atoms with Gasteiger partial charge in [-0.05, 0) is 37.6 Å². The van der Waals surface area contributed by atoms with Crippen LogP contribution in [-0.4, -0.2) is 29.6 Å². The zero-order valence-electron chi connectivity index (χ0n) is 12.6. The second-order valence-electron chi connectivity index (χ2n) is 5.13. The summed E-state index contributed by atoms with van der Waals surface area (Å²) in [5.41, 5.74) is 8.17. The van der Waals surface area contributed by atoms with E-state index in [1.807, 2.05) is 24.3 Å². The summed E-state index contributed by atoms with van der Waals surface area (Å²) >= 11 is 5.98. The van der Waals surface area contributed by atoms with Gasteiger partial charge in [-0.25, -0.2) is 0 Å². The first-order chi connectivity index (χ1) is 10.6. The van der Waals surface area contributed by atoms with Gasteiger partial charge in [0.25, 0.3) is 0 Å². The van der Waals surface area contributed by atoms with Gasteiger partial charge < -0.3 is 16.5 Å². The number of fused-ring (bicyclic) bond motifs is 1. The van der Waals surface area contributed by atoms with E-state index in [0.717, 1.165) is 29.6 Å². The number of aliphatic imine (C=N–C) groups is 1. The molecule has 0 unspecified atom stereocenters. The Morgan fingerprint density at radius 3 is 3.00 bits per heavy atom. The highest BCUT2D eigenvalue weighted by atomic mass is 35.5. The third-order valence-corrected chi connectivity index (χ3v) is 3.35. The first kappa shape index (κ1) is 16.2. The number of nitrogens with one attached hydrogen (secondary N) is 2. The molecule has 6 heteroatoms. The lowest BCUT2D eigenvalue weighted by molar-refractivity contribution is 0.872. The largest absolute Gasteiger partial charge is 0.387 e. The van der Waals surface area contributed by atoms with Crippen LogP contribution < -0.4 is 11.1 Å². The van der Waals surface area contributed by atoms with Crippen molar-refractivity contribution in [2.75, 3.05) is 18.4 Å². The molecule has 0 atom stereocenters. The third-order valence-electron chi connectivity index (χ3n) is 3.12. The van der Waals surface area contributed by atoms with Gasteiger partial charge in [-0.2, -0.15) is 0 Å². The maximum atomic E-state index is 7.36. The number of nitrogens with two attached hydrogens (primary N) is 1. The summed E-state index contributed by atoms with van der Waals surface area (Å²) in [4.78, 5) is 8.57. The molecule has 2 rings (SSSR count). The molecule has 1 heterocycles. The van der Waals surface area contributed by atoms with Crippen LogP contribution in [0.4, 0.5) is 5.69 Å². The van der Waals surface area contributed by atoms with Crippen LogP contribution in [-0.2, 0) is 0 Å². The standard InChI is InChI=1S/C16H20ClN5/c1-11(18)9-16(19)22-7-2-6-20-14-5-8-21-15-10-12(17)3-4-13(14)15/h3-5,8,10,18H,2,6-7,9H2,1H3,(H2,19,22)(H,20,21). The van der Waals surface area contributed by atoms with Crippen LogP contribution >= 0.6 is 11.6 Å². The number of anilines is 1. The van der Waals surface area contributed by atoms with Crippen molar-refractivity contribution in [3.8, 4) is 0 Å². The van der Waals surface area contributed by atoms with E-state index < -0.39 is 0 Å². The minimum atomic E-state index is 0.448. The van der Waals surface area contributed by atoms with E-state index in [4.69, 9.17) is 22.7 Å². The van der Waals surface area contributed by atoms with Gasteiger partial charge in [0.1, 0.15) is 0 Å². The van der Waals surface area contributed by atoms with Gasteiger partial charge in [0.05, 0.1) is 11.4 Å². The molecule has 0 spiro atoms. The number of nitrogens with zero attached hydrogens (tertiary/aromatic N) is 2. The molecule has 0 aliphatic carbocycles. The highest BCUT2D eigenvalue weighted by Gasteiger charge is 2.02. The molecule has 1 aromatic heterocycles. The molecule has 22 heavy (non-hydrogen) atoms. The third kappa shape index (κ3) is 4.70. The quantitative estimate of drug-likeness (QED) is 0.415. The summed E-state index contributed by atoms with van der Waals surface area (Å²) in [5, 5.41) is 12.5. The fourth-order valence-corrected chi connectivity index (χ4v) is 2.29. The number of halogens is 1. The van der Waals surface area contributed by atoms with Crippen LogP contribution in [0.15, 0.2) is 35.5 Å². The number of aromatic nitrogens is 1. The van der Waals surface area contributed by atoms with Crippen molar-refractivity contribution in [2.45, 2.75) is 19.8 Å². The lowest BCUT2D eigenvalue weighted by Gasteiger charge is -2.09. The predicted octanol–water partition coefficient (Wildman–Crippen LogP) is 3.48. The van der Waals surface area contributed by atoms with Gasteiger partial charge in [-0.3, -0.25) is 9.98 Å². The lowest BCUT2D eigenvalue weighted by atomic mass is 10.2. The number of hydrogen-bond acceptors (Lipinski definition) is 4. The van der Waals surface area contributed by atoms with E-state index in [-0.39, 0.29) is 0 Å². The minimum absolute atomic E-state index is 0.448. The molecule has 0 fully saturated rings. The van der Waals surface area contributed by atoms with Crippen LogP contribution in [0.3, 0.4) is 0 Å². The number of hydrogen-bond donors (Lipinski definition) is 3. The summed E-state index contributed by atoms with van der Waals surface area (Å²) in [6, 6.07) is 7.64. The average Bonchev–Trinajstić information content (AvgIpc) is 2.45. The highest BCUT2D eigenvalue weighted by Crippen LogP contribution is 2.24. The second kappa shape index (κ2) is 7.75. The first-order valence-electron chi connectivity index (χ1n) is 7.17. The second-order valence-corrected chi connectivity index (χ2v) is 5.57. The lowest BCUT2D eigenvalue weighted by Crippen LogP contribution is -2.16. The van der Waals surface area contributed by atoms with Crippen LogP contribution in [0, 0.1) is 5.41 Å². The Kier molecular flexibility index (Phi) is 5.72. The summed E-state index contributed by atoms with van der Waals surface area (Å²) in [6.45, 7) is 3.17. The molecule has 0 saturated carbocycles. The molecule has 5 nitrogen and oxygen atoms in total. The molecule has 0 aliphatic rings. The topological polar surface area (TPSA) is 87.2 Å². The van der Waals surface area contributed by atoms with Crippen LogP contribution in [0.2, 0.25) is 5.02 Å². The molecule has 0 saturated heterocycles. The number of amidine groups is 1. The Hall–Kier alpha value is -2.14. The molecule has 0 amide bonds. The summed E-state index contributed by atoms with van der Waals surface area (Å²) in [5.74, 6) is 0.525. The zero-order chi connectivity index (χ0) is 15.9. The summed E-state index contributed by atoms with van der Waals surface area (Å²) in [7, 11) is 0. The first-order valence-corrected chi connectivity index (χ1v) is 7.55. The van der Waals surface area contributed by atoms with Crippen molar-refractivity contribution in [1.29, 1.82) is 5.41 Å². The Labute approximate surface area is 135 Å². The molecule has 1 aromatic carbocycles. The van der Waals surface area contributed by atoms with E-state index in [2.05, 4.69) is 15.3 Å². The van der Waals surface area contributed by atoms with E-state index in [9.17, 15) is 0 Å². The minimum Gasteiger partial charge on any atom is -0.387 e. The van der Waals surface area contributed by atoms with Crippen molar-refractivity contribution in [3.63, 3.8) is 0 Å². The van der Waals surface area contributed by atoms with Crippen LogP contribution in [0.25, 0.3) is 10.9 Å². The van der Waals surface area contributed by atoms with Gasteiger partial charge in [0, 0.05) is 47.5 Å². The molecule has 0 radical (unpaired) electrons. The summed E-state index contributed by atoms with van der Waals surface area (Å²) < 4.78 is 0. The van der Waals surface area contributed by atoms with E-state index in [1.54, 1.807) is 13.1 Å². The van der Waals surface area contributed by atoms with Gasteiger partial charge in [0.2, 0.25) is 0 Å².